The maximum atomic E-state index is 13.2. The van der Waals surface area contributed by atoms with Crippen molar-refractivity contribution in [1.29, 1.82) is 0 Å². The molecule has 2 aromatic rings. The Morgan fingerprint density at radius 2 is 1.96 bits per heavy atom. The van der Waals surface area contributed by atoms with E-state index < -0.39 is 0 Å². The second-order valence-electron chi connectivity index (χ2n) is 6.00. The molecule has 1 aromatic heterocycles. The third-order valence-electron chi connectivity index (χ3n) is 4.60. The Morgan fingerprint density at radius 3 is 2.50 bits per heavy atom. The largest absolute Gasteiger partial charge is 0.356 e. The molecular formula is C18H23FIN3S. The summed E-state index contributed by atoms with van der Waals surface area (Å²) >= 11 is 1.73. The highest BCUT2D eigenvalue weighted by atomic mass is 127. The van der Waals surface area contributed by atoms with E-state index >= 15 is 0 Å². The van der Waals surface area contributed by atoms with Crippen LogP contribution in [0.4, 0.5) is 4.39 Å². The topological polar surface area (TPSA) is 36.4 Å². The zero-order valence-corrected chi connectivity index (χ0v) is 16.9. The van der Waals surface area contributed by atoms with Gasteiger partial charge in [-0.1, -0.05) is 24.6 Å². The van der Waals surface area contributed by atoms with E-state index in [1.807, 2.05) is 12.1 Å². The van der Waals surface area contributed by atoms with E-state index in [0.717, 1.165) is 31.9 Å². The molecule has 0 spiro atoms. The molecule has 6 heteroatoms. The summed E-state index contributed by atoms with van der Waals surface area (Å²) in [6.45, 7) is 1.60. The number of hydrogen-bond acceptors (Lipinski definition) is 2. The average molecular weight is 459 g/mol. The van der Waals surface area contributed by atoms with Crippen LogP contribution in [-0.2, 0) is 12.0 Å². The summed E-state index contributed by atoms with van der Waals surface area (Å²) in [5.41, 5.74) is 1.32. The molecule has 0 radical (unpaired) electrons. The first kappa shape index (κ1) is 19.2. The predicted octanol–water partition coefficient (Wildman–Crippen LogP) is 4.29. The second kappa shape index (κ2) is 8.80. The Hall–Kier alpha value is -1.15. The van der Waals surface area contributed by atoms with Crippen LogP contribution in [0.5, 0.6) is 0 Å². The van der Waals surface area contributed by atoms with Crippen LogP contribution in [0, 0.1) is 5.82 Å². The highest BCUT2D eigenvalue weighted by Crippen LogP contribution is 2.43. The zero-order valence-electron chi connectivity index (χ0n) is 13.7. The fraction of sp³-hybridized carbons (Fsp3) is 0.389. The van der Waals surface area contributed by atoms with Crippen LogP contribution in [0.15, 0.2) is 46.8 Å². The average Bonchev–Trinajstić information content (AvgIpc) is 3.04. The molecule has 0 unspecified atom stereocenters. The summed E-state index contributed by atoms with van der Waals surface area (Å²) in [5, 5.41) is 8.85. The van der Waals surface area contributed by atoms with Gasteiger partial charge >= 0.3 is 0 Å². The molecule has 1 fully saturated rings. The monoisotopic (exact) mass is 459 g/mol. The van der Waals surface area contributed by atoms with Crippen molar-refractivity contribution in [3.8, 4) is 0 Å². The van der Waals surface area contributed by atoms with E-state index in [2.05, 4.69) is 33.1 Å². The molecule has 0 saturated heterocycles. The number of hydrogen-bond donors (Lipinski definition) is 2. The first-order chi connectivity index (χ1) is 11.2. The lowest BCUT2D eigenvalue weighted by molar-refractivity contribution is 0.243. The Bertz CT molecular complexity index is 651. The van der Waals surface area contributed by atoms with Crippen LogP contribution in [0.3, 0.4) is 0 Å². The zero-order chi connectivity index (χ0) is 16.1. The molecule has 24 heavy (non-hydrogen) atoms. The number of benzene rings is 1. The Balaban J connectivity index is 0.00000208. The molecule has 0 aliphatic heterocycles. The molecule has 1 saturated carbocycles. The maximum absolute atomic E-state index is 13.2. The second-order valence-corrected chi connectivity index (χ2v) is 7.03. The van der Waals surface area contributed by atoms with Gasteiger partial charge in [-0.2, -0.15) is 0 Å². The van der Waals surface area contributed by atoms with Crippen LogP contribution in [0.1, 0.15) is 29.7 Å². The third kappa shape index (κ3) is 4.47. The fourth-order valence-corrected chi connectivity index (χ4v) is 3.68. The number of nitrogens with zero attached hydrogens (tertiary/aromatic N) is 1. The van der Waals surface area contributed by atoms with Gasteiger partial charge in [0.15, 0.2) is 5.96 Å². The van der Waals surface area contributed by atoms with Gasteiger partial charge in [0.2, 0.25) is 0 Å². The van der Waals surface area contributed by atoms with Gasteiger partial charge in [0, 0.05) is 23.9 Å². The van der Waals surface area contributed by atoms with Crippen molar-refractivity contribution in [2.24, 2.45) is 4.99 Å². The van der Waals surface area contributed by atoms with E-state index in [-0.39, 0.29) is 35.2 Å². The van der Waals surface area contributed by atoms with Crippen molar-refractivity contribution in [2.75, 3.05) is 13.6 Å². The molecule has 0 atom stereocenters. The molecule has 2 N–H and O–H groups in total. The predicted molar refractivity (Wildman–Crippen MR) is 110 cm³/mol. The minimum absolute atomic E-state index is 0. The first-order valence-corrected chi connectivity index (χ1v) is 8.83. The van der Waals surface area contributed by atoms with E-state index in [1.165, 1.54) is 16.9 Å². The summed E-state index contributed by atoms with van der Waals surface area (Å²) in [5.74, 6) is 0.636. The standard InChI is InChI=1S/C18H22FN3S.HI/c1-20-17(21-12-16-4-2-11-23-16)22-13-18(9-3-10-18)14-5-7-15(19)8-6-14;/h2,4-8,11H,3,9-10,12-13H2,1H3,(H2,20,21,22);1H. The summed E-state index contributed by atoms with van der Waals surface area (Å²) in [6, 6.07) is 11.1. The molecule has 1 aliphatic carbocycles. The lowest BCUT2D eigenvalue weighted by Crippen LogP contribution is -2.48. The Morgan fingerprint density at radius 1 is 1.21 bits per heavy atom. The Labute approximate surface area is 163 Å². The number of nitrogens with one attached hydrogen (secondary N) is 2. The molecule has 3 rings (SSSR count). The molecule has 0 bridgehead atoms. The number of guanidine groups is 1. The molecule has 1 aromatic carbocycles. The van der Waals surface area contributed by atoms with Gasteiger partial charge in [-0.3, -0.25) is 4.99 Å². The molecular weight excluding hydrogens is 436 g/mol. The number of halogens is 2. The van der Waals surface area contributed by atoms with Gasteiger partial charge in [-0.15, -0.1) is 35.3 Å². The molecule has 0 amide bonds. The summed E-state index contributed by atoms with van der Waals surface area (Å²) in [4.78, 5) is 5.58. The maximum Gasteiger partial charge on any atom is 0.191 e. The highest BCUT2D eigenvalue weighted by molar-refractivity contribution is 14.0. The van der Waals surface area contributed by atoms with Gasteiger partial charge < -0.3 is 10.6 Å². The summed E-state index contributed by atoms with van der Waals surface area (Å²) in [7, 11) is 1.79. The van der Waals surface area contributed by atoms with Gasteiger partial charge in [0.25, 0.3) is 0 Å². The van der Waals surface area contributed by atoms with E-state index in [4.69, 9.17) is 0 Å². The number of aliphatic imine (C=N–C) groups is 1. The number of rotatable bonds is 5. The highest BCUT2D eigenvalue weighted by Gasteiger charge is 2.38. The van der Waals surface area contributed by atoms with Crippen molar-refractivity contribution >= 4 is 41.3 Å². The number of thiophene rings is 1. The van der Waals surface area contributed by atoms with E-state index in [9.17, 15) is 4.39 Å². The summed E-state index contributed by atoms with van der Waals surface area (Å²) < 4.78 is 13.2. The van der Waals surface area contributed by atoms with Crippen LogP contribution < -0.4 is 10.6 Å². The molecule has 3 nitrogen and oxygen atoms in total. The van der Waals surface area contributed by atoms with Crippen molar-refractivity contribution in [3.05, 3.63) is 58.0 Å². The van der Waals surface area contributed by atoms with Crippen LogP contribution in [-0.4, -0.2) is 19.6 Å². The summed E-state index contributed by atoms with van der Waals surface area (Å²) in [6.07, 6.45) is 3.49. The van der Waals surface area contributed by atoms with Gasteiger partial charge in [-0.05, 0) is 42.0 Å². The molecule has 1 heterocycles. The van der Waals surface area contributed by atoms with E-state index in [0.29, 0.717) is 0 Å². The first-order valence-electron chi connectivity index (χ1n) is 7.95. The fourth-order valence-electron chi connectivity index (χ4n) is 3.03. The Kier molecular flexibility index (Phi) is 7.03. The van der Waals surface area contributed by atoms with Gasteiger partial charge in [0.05, 0.1) is 6.54 Å². The smallest absolute Gasteiger partial charge is 0.191 e. The van der Waals surface area contributed by atoms with Crippen LogP contribution in [0.25, 0.3) is 0 Å². The van der Waals surface area contributed by atoms with Crippen molar-refractivity contribution < 1.29 is 4.39 Å². The lowest BCUT2D eigenvalue weighted by atomic mass is 9.64. The third-order valence-corrected chi connectivity index (χ3v) is 5.47. The van der Waals surface area contributed by atoms with Crippen molar-refractivity contribution in [3.63, 3.8) is 0 Å². The quantitative estimate of drug-likeness (QED) is 0.398. The SMILES string of the molecule is CN=C(NCc1cccs1)NCC1(c2ccc(F)cc2)CCC1.I. The lowest BCUT2D eigenvalue weighted by Gasteiger charge is -2.43. The van der Waals surface area contributed by atoms with Crippen LogP contribution in [0.2, 0.25) is 0 Å². The van der Waals surface area contributed by atoms with Gasteiger partial charge in [0.1, 0.15) is 5.82 Å². The van der Waals surface area contributed by atoms with Gasteiger partial charge in [-0.25, -0.2) is 4.39 Å². The minimum atomic E-state index is -0.176. The minimum Gasteiger partial charge on any atom is -0.356 e. The molecule has 130 valence electrons. The van der Waals surface area contributed by atoms with E-state index in [1.54, 1.807) is 30.5 Å². The normalized spacial score (nSPS) is 16.0. The van der Waals surface area contributed by atoms with Crippen molar-refractivity contribution in [1.82, 2.24) is 10.6 Å². The van der Waals surface area contributed by atoms with Crippen LogP contribution >= 0.6 is 35.3 Å². The molecule has 1 aliphatic rings. The van der Waals surface area contributed by atoms with Crippen molar-refractivity contribution in [2.45, 2.75) is 31.2 Å².